The molecular formula is C15H14N2O3S2. The summed E-state index contributed by atoms with van der Waals surface area (Å²) in [5.74, 6) is 2.03. The van der Waals surface area contributed by atoms with Crippen LogP contribution in [0.25, 0.3) is 0 Å². The highest BCUT2D eigenvalue weighted by Crippen LogP contribution is 2.19. The van der Waals surface area contributed by atoms with Crippen LogP contribution in [0.15, 0.2) is 46.0 Å². The van der Waals surface area contributed by atoms with Gasteiger partial charge >= 0.3 is 0 Å². The van der Waals surface area contributed by atoms with Crippen LogP contribution in [0.2, 0.25) is 0 Å². The number of nitrogens with one attached hydrogen (secondary N) is 1. The summed E-state index contributed by atoms with van der Waals surface area (Å²) in [5.41, 5.74) is 1.17. The third kappa shape index (κ3) is 3.74. The van der Waals surface area contributed by atoms with Gasteiger partial charge in [-0.2, -0.15) is 4.31 Å². The fourth-order valence-corrected chi connectivity index (χ4v) is 4.07. The molecular weight excluding hydrogens is 320 g/mol. The van der Waals surface area contributed by atoms with Crippen LogP contribution < -0.4 is 5.32 Å². The zero-order valence-electron chi connectivity index (χ0n) is 11.8. The number of rotatable bonds is 5. The number of benzene rings is 1. The summed E-state index contributed by atoms with van der Waals surface area (Å²) in [4.78, 5) is 12.0. The normalized spacial score (nSPS) is 11.1. The van der Waals surface area contributed by atoms with E-state index in [0.29, 0.717) is 11.3 Å². The molecule has 22 heavy (non-hydrogen) atoms. The molecule has 1 aromatic carbocycles. The Bertz CT molecular complexity index is 806. The lowest BCUT2D eigenvalue weighted by atomic mass is 10.2. The molecule has 0 bridgehead atoms. The molecule has 5 nitrogen and oxygen atoms in total. The minimum absolute atomic E-state index is 0.206. The van der Waals surface area contributed by atoms with E-state index in [9.17, 15) is 13.2 Å². The van der Waals surface area contributed by atoms with Crippen molar-refractivity contribution in [2.24, 2.45) is 0 Å². The average molecular weight is 334 g/mol. The highest BCUT2D eigenvalue weighted by Gasteiger charge is 2.23. The van der Waals surface area contributed by atoms with Crippen LogP contribution in [0.5, 0.6) is 0 Å². The van der Waals surface area contributed by atoms with Gasteiger partial charge in [0.1, 0.15) is 4.21 Å². The van der Waals surface area contributed by atoms with E-state index in [1.54, 1.807) is 35.7 Å². The second-order valence-electron chi connectivity index (χ2n) is 4.47. The molecule has 0 radical (unpaired) electrons. The summed E-state index contributed by atoms with van der Waals surface area (Å²) >= 11 is 1.11. The van der Waals surface area contributed by atoms with E-state index in [1.165, 1.54) is 13.1 Å². The lowest BCUT2D eigenvalue weighted by molar-refractivity contribution is -0.116. The van der Waals surface area contributed by atoms with Crippen molar-refractivity contribution in [2.45, 2.75) is 4.21 Å². The molecule has 0 atom stereocenters. The maximum atomic E-state index is 12.2. The first-order valence-electron chi connectivity index (χ1n) is 6.30. The maximum absolute atomic E-state index is 12.2. The molecule has 0 saturated heterocycles. The Labute approximate surface area is 133 Å². The Morgan fingerprint density at radius 2 is 2.14 bits per heavy atom. The van der Waals surface area contributed by atoms with Crippen molar-refractivity contribution in [3.63, 3.8) is 0 Å². The van der Waals surface area contributed by atoms with Gasteiger partial charge in [0.2, 0.25) is 5.91 Å². The molecule has 1 aromatic heterocycles. The molecule has 0 spiro atoms. The van der Waals surface area contributed by atoms with E-state index < -0.39 is 15.9 Å². The first-order chi connectivity index (χ1) is 10.4. The molecule has 0 saturated carbocycles. The molecule has 1 heterocycles. The number of hydrogen-bond donors (Lipinski definition) is 1. The highest BCUT2D eigenvalue weighted by molar-refractivity contribution is 7.91. The lowest BCUT2D eigenvalue weighted by Crippen LogP contribution is -2.34. The number of nitrogens with zero attached hydrogens (tertiary/aromatic N) is 1. The van der Waals surface area contributed by atoms with Gasteiger partial charge in [0.25, 0.3) is 10.0 Å². The molecule has 1 N–H and O–H groups in total. The predicted octanol–water partition coefficient (Wildman–Crippen LogP) is 1.99. The number of carbonyl (C=O) groups is 1. The van der Waals surface area contributed by atoms with Gasteiger partial charge in [-0.05, 0) is 29.6 Å². The molecule has 0 aliphatic rings. The number of carbonyl (C=O) groups excluding carboxylic acids is 1. The molecule has 2 rings (SSSR count). The van der Waals surface area contributed by atoms with Crippen LogP contribution in [0.4, 0.5) is 5.69 Å². The zero-order chi connectivity index (χ0) is 16.2. The van der Waals surface area contributed by atoms with Crippen LogP contribution in [0.3, 0.4) is 0 Å². The number of thiophene rings is 1. The van der Waals surface area contributed by atoms with E-state index >= 15 is 0 Å². The average Bonchev–Trinajstić information content (AvgIpc) is 3.02. The second kappa shape index (κ2) is 6.75. The summed E-state index contributed by atoms with van der Waals surface area (Å²) in [5, 5.41) is 4.30. The number of likely N-dealkylation sites (N-methyl/N-ethyl adjacent to an activating group) is 1. The van der Waals surface area contributed by atoms with E-state index in [4.69, 9.17) is 6.42 Å². The van der Waals surface area contributed by atoms with Crippen molar-refractivity contribution in [1.29, 1.82) is 0 Å². The number of anilines is 1. The fraction of sp³-hybridized carbons (Fsp3) is 0.133. The Hall–Kier alpha value is -2.14. The molecule has 0 aliphatic carbocycles. The minimum atomic E-state index is -3.64. The van der Waals surface area contributed by atoms with Gasteiger partial charge in [0, 0.05) is 18.3 Å². The Morgan fingerprint density at radius 1 is 1.36 bits per heavy atom. The molecule has 1 amide bonds. The lowest BCUT2D eigenvalue weighted by Gasteiger charge is -2.15. The third-order valence-corrected chi connectivity index (χ3v) is 6.02. The molecule has 2 aromatic rings. The van der Waals surface area contributed by atoms with Crippen LogP contribution >= 0.6 is 11.3 Å². The SMILES string of the molecule is C#Cc1cccc(NC(=O)CN(C)S(=O)(=O)c2cccs2)c1. The highest BCUT2D eigenvalue weighted by atomic mass is 32.2. The topological polar surface area (TPSA) is 66.5 Å². The van der Waals surface area contributed by atoms with Crippen LogP contribution in [0.1, 0.15) is 5.56 Å². The van der Waals surface area contributed by atoms with Gasteiger partial charge in [0.05, 0.1) is 6.54 Å². The van der Waals surface area contributed by atoms with Crippen molar-refractivity contribution >= 4 is 33.0 Å². The standard InChI is InChI=1S/C15H14N2O3S2/c1-3-12-6-4-7-13(10-12)16-14(18)11-17(2)22(19,20)15-8-5-9-21-15/h1,4-10H,11H2,2H3,(H,16,18). The number of hydrogen-bond acceptors (Lipinski definition) is 4. The Balaban J connectivity index is 2.04. The summed E-state index contributed by atoms with van der Waals surface area (Å²) in [6.45, 7) is -0.277. The summed E-state index contributed by atoms with van der Waals surface area (Å²) in [6, 6.07) is 9.94. The smallest absolute Gasteiger partial charge is 0.252 e. The zero-order valence-corrected chi connectivity index (χ0v) is 13.4. The maximum Gasteiger partial charge on any atom is 0.252 e. The quantitative estimate of drug-likeness (QED) is 0.851. The largest absolute Gasteiger partial charge is 0.325 e. The third-order valence-electron chi connectivity index (χ3n) is 2.84. The van der Waals surface area contributed by atoms with Gasteiger partial charge in [-0.15, -0.1) is 17.8 Å². The van der Waals surface area contributed by atoms with Crippen molar-refractivity contribution in [2.75, 3.05) is 18.9 Å². The first kappa shape index (κ1) is 16.2. The summed E-state index contributed by atoms with van der Waals surface area (Å²) in [6.07, 6.45) is 5.29. The molecule has 0 aliphatic heterocycles. The van der Waals surface area contributed by atoms with Crippen LogP contribution in [0, 0.1) is 12.3 Å². The van der Waals surface area contributed by atoms with E-state index in [0.717, 1.165) is 15.6 Å². The number of terminal acetylenes is 1. The second-order valence-corrected chi connectivity index (χ2v) is 7.69. The molecule has 0 unspecified atom stereocenters. The van der Waals surface area contributed by atoms with Gasteiger partial charge < -0.3 is 5.32 Å². The van der Waals surface area contributed by atoms with Crippen LogP contribution in [-0.4, -0.2) is 32.2 Å². The van der Waals surface area contributed by atoms with Gasteiger partial charge in [-0.25, -0.2) is 8.42 Å². The Kier molecular flexibility index (Phi) is 4.98. The Morgan fingerprint density at radius 3 is 2.77 bits per heavy atom. The van der Waals surface area contributed by atoms with Crippen LogP contribution in [-0.2, 0) is 14.8 Å². The van der Waals surface area contributed by atoms with Crippen molar-refractivity contribution in [3.8, 4) is 12.3 Å². The number of amides is 1. The van der Waals surface area contributed by atoms with Crippen molar-refractivity contribution < 1.29 is 13.2 Å². The van der Waals surface area contributed by atoms with Crippen molar-refractivity contribution in [3.05, 3.63) is 47.3 Å². The molecule has 7 heteroatoms. The van der Waals surface area contributed by atoms with Gasteiger partial charge in [-0.3, -0.25) is 4.79 Å². The predicted molar refractivity (Wildman–Crippen MR) is 87.1 cm³/mol. The molecule has 0 fully saturated rings. The van der Waals surface area contributed by atoms with Gasteiger partial charge in [-0.1, -0.05) is 18.1 Å². The van der Waals surface area contributed by atoms with E-state index in [-0.39, 0.29) is 10.8 Å². The van der Waals surface area contributed by atoms with E-state index in [1.807, 2.05) is 0 Å². The fourth-order valence-electron chi connectivity index (χ4n) is 1.74. The monoisotopic (exact) mass is 334 g/mol. The summed E-state index contributed by atoms with van der Waals surface area (Å²) in [7, 11) is -2.27. The number of sulfonamides is 1. The summed E-state index contributed by atoms with van der Waals surface area (Å²) < 4.78 is 25.6. The first-order valence-corrected chi connectivity index (χ1v) is 8.62. The molecule has 114 valence electrons. The van der Waals surface area contributed by atoms with Gasteiger partial charge in [0.15, 0.2) is 0 Å². The van der Waals surface area contributed by atoms with Crippen molar-refractivity contribution in [1.82, 2.24) is 4.31 Å². The van der Waals surface area contributed by atoms with E-state index in [2.05, 4.69) is 11.2 Å². The minimum Gasteiger partial charge on any atom is -0.325 e.